The van der Waals surface area contributed by atoms with Crippen LogP contribution in [0.15, 0.2) is 47.2 Å². The molecule has 8 nitrogen and oxygen atoms in total. The summed E-state index contributed by atoms with van der Waals surface area (Å²) in [5.74, 6) is -0.128. The molecule has 37 heavy (non-hydrogen) atoms. The first-order valence-electron chi connectivity index (χ1n) is 11.1. The van der Waals surface area contributed by atoms with Crippen LogP contribution in [0.25, 0.3) is 22.0 Å². The summed E-state index contributed by atoms with van der Waals surface area (Å²) in [6.07, 6.45) is -2.03. The number of amides is 1. The number of methoxy groups -OCH3 is 1. The molecule has 0 unspecified atom stereocenters. The molecule has 2 N–H and O–H groups in total. The fourth-order valence-electron chi connectivity index (χ4n) is 3.65. The number of fused-ring (bicyclic) bond motifs is 1. The maximum Gasteiger partial charge on any atom is 0.433 e. The summed E-state index contributed by atoms with van der Waals surface area (Å²) in [6.45, 7) is 5.84. The predicted octanol–water partition coefficient (Wildman–Crippen LogP) is 6.26. The molecular formula is C25H22BrF3N6O2. The van der Waals surface area contributed by atoms with Gasteiger partial charge in [-0.25, -0.2) is 19.9 Å². The van der Waals surface area contributed by atoms with Gasteiger partial charge in [-0.2, -0.15) is 13.2 Å². The van der Waals surface area contributed by atoms with Crippen molar-refractivity contribution in [1.29, 1.82) is 0 Å². The van der Waals surface area contributed by atoms with Crippen LogP contribution in [0.3, 0.4) is 0 Å². The van der Waals surface area contributed by atoms with Crippen LogP contribution in [0.2, 0.25) is 0 Å². The van der Waals surface area contributed by atoms with Crippen LogP contribution in [0, 0.1) is 6.92 Å². The Balaban J connectivity index is 1.74. The van der Waals surface area contributed by atoms with Gasteiger partial charge in [-0.15, -0.1) is 0 Å². The minimum absolute atomic E-state index is 0.148. The van der Waals surface area contributed by atoms with E-state index in [0.717, 1.165) is 23.2 Å². The van der Waals surface area contributed by atoms with Crippen molar-refractivity contribution < 1.29 is 22.7 Å². The fourth-order valence-corrected chi connectivity index (χ4v) is 4.34. The second-order valence-electron chi connectivity index (χ2n) is 8.45. The number of hydrogen-bond acceptors (Lipinski definition) is 7. The Morgan fingerprint density at radius 3 is 2.49 bits per heavy atom. The van der Waals surface area contributed by atoms with Crippen molar-refractivity contribution >= 4 is 44.6 Å². The molecule has 0 fully saturated rings. The molecule has 192 valence electrons. The summed E-state index contributed by atoms with van der Waals surface area (Å²) >= 11 is 3.60. The summed E-state index contributed by atoms with van der Waals surface area (Å²) in [6, 6.07) is 7.67. The number of anilines is 2. The number of ether oxygens (including phenoxy) is 1. The van der Waals surface area contributed by atoms with Gasteiger partial charge in [-0.3, -0.25) is 10.1 Å². The van der Waals surface area contributed by atoms with E-state index in [1.54, 1.807) is 24.4 Å². The number of carbonyl (C=O) groups excluding carboxylic acids is 1. The molecule has 0 atom stereocenters. The third-order valence-electron chi connectivity index (χ3n) is 5.35. The molecule has 2 aromatic heterocycles. The van der Waals surface area contributed by atoms with Crippen molar-refractivity contribution in [2.24, 2.45) is 0 Å². The number of rotatable bonds is 6. The fraction of sp³-hybridized carbons (Fsp3) is 0.240. The van der Waals surface area contributed by atoms with Gasteiger partial charge in [0.2, 0.25) is 11.9 Å². The van der Waals surface area contributed by atoms with Crippen molar-refractivity contribution in [3.05, 3.63) is 64.0 Å². The highest BCUT2D eigenvalue weighted by Crippen LogP contribution is 2.42. The molecule has 1 amide bonds. The van der Waals surface area contributed by atoms with Gasteiger partial charge in [0.1, 0.15) is 11.4 Å². The number of nitrogens with one attached hydrogen (secondary N) is 2. The van der Waals surface area contributed by atoms with Crippen LogP contribution < -0.4 is 15.4 Å². The standard InChI is InChI=1S/C25H22BrF3N6O2/c1-12(2)32-24-31-11-15-10-17(21(37-4)19(26)20(15)34-24)16-9-14(6-5-13(16)3)22(36)35-23-30-8-7-18(33-23)25(27,28)29/h5-12H,1-4H3,(H,31,32,34)(H,30,33,35,36). The number of halogens is 4. The van der Waals surface area contributed by atoms with E-state index in [1.165, 1.54) is 7.11 Å². The molecular weight excluding hydrogens is 553 g/mol. The Kier molecular flexibility index (Phi) is 7.30. The Hall–Kier alpha value is -3.80. The third-order valence-corrected chi connectivity index (χ3v) is 6.09. The van der Waals surface area contributed by atoms with Gasteiger partial charge in [0.15, 0.2) is 0 Å². The number of nitrogens with zero attached hydrogens (tertiary/aromatic N) is 4. The van der Waals surface area contributed by atoms with Crippen LogP contribution >= 0.6 is 15.9 Å². The van der Waals surface area contributed by atoms with Crippen LogP contribution in [-0.4, -0.2) is 39.0 Å². The van der Waals surface area contributed by atoms with E-state index in [-0.39, 0.29) is 11.6 Å². The van der Waals surface area contributed by atoms with Gasteiger partial charge in [-0.05, 0) is 72.1 Å². The van der Waals surface area contributed by atoms with Gasteiger partial charge >= 0.3 is 6.18 Å². The SMILES string of the molecule is COc1c(-c2cc(C(=O)Nc3nccc(C(F)(F)F)n3)ccc2C)cc2cnc(NC(C)C)nc2c1Br. The molecule has 0 radical (unpaired) electrons. The van der Waals surface area contributed by atoms with Crippen LogP contribution in [-0.2, 0) is 6.18 Å². The summed E-state index contributed by atoms with van der Waals surface area (Å²) in [7, 11) is 1.53. The van der Waals surface area contributed by atoms with Crippen molar-refractivity contribution in [3.8, 4) is 16.9 Å². The summed E-state index contributed by atoms with van der Waals surface area (Å²) in [5.41, 5.74) is 1.90. The zero-order valence-corrected chi connectivity index (χ0v) is 21.8. The number of carbonyl (C=O) groups is 1. The number of aromatic nitrogens is 4. The minimum atomic E-state index is -4.66. The lowest BCUT2D eigenvalue weighted by molar-refractivity contribution is -0.141. The molecule has 2 heterocycles. The number of benzene rings is 2. The lowest BCUT2D eigenvalue weighted by atomic mass is 9.96. The van der Waals surface area contributed by atoms with E-state index in [0.29, 0.717) is 32.8 Å². The zero-order valence-electron chi connectivity index (χ0n) is 20.2. The lowest BCUT2D eigenvalue weighted by Gasteiger charge is -2.16. The topological polar surface area (TPSA) is 102 Å². The second-order valence-corrected chi connectivity index (χ2v) is 9.24. The average molecular weight is 575 g/mol. The van der Waals surface area contributed by atoms with Crippen molar-refractivity contribution in [2.75, 3.05) is 17.7 Å². The molecule has 4 rings (SSSR count). The van der Waals surface area contributed by atoms with Gasteiger partial charge in [-0.1, -0.05) is 6.07 Å². The molecule has 0 aliphatic rings. The zero-order chi connectivity index (χ0) is 26.9. The number of aryl methyl sites for hydroxylation is 1. The first-order valence-corrected chi connectivity index (χ1v) is 11.9. The Bertz CT molecular complexity index is 1490. The van der Waals surface area contributed by atoms with Crippen molar-refractivity contribution in [1.82, 2.24) is 19.9 Å². The molecule has 0 aliphatic carbocycles. The predicted molar refractivity (Wildman–Crippen MR) is 138 cm³/mol. The molecule has 0 saturated carbocycles. The molecule has 0 aliphatic heterocycles. The minimum Gasteiger partial charge on any atom is -0.495 e. The highest BCUT2D eigenvalue weighted by molar-refractivity contribution is 9.10. The highest BCUT2D eigenvalue weighted by Gasteiger charge is 2.33. The monoisotopic (exact) mass is 574 g/mol. The summed E-state index contributed by atoms with van der Waals surface area (Å²) in [5, 5.41) is 6.24. The quantitative estimate of drug-likeness (QED) is 0.280. The Morgan fingerprint density at radius 2 is 1.81 bits per heavy atom. The van der Waals surface area contributed by atoms with E-state index >= 15 is 0 Å². The first kappa shape index (κ1) is 26.3. The molecule has 0 saturated heterocycles. The summed E-state index contributed by atoms with van der Waals surface area (Å²) < 4.78 is 45.2. The lowest BCUT2D eigenvalue weighted by Crippen LogP contribution is -2.17. The van der Waals surface area contributed by atoms with E-state index in [2.05, 4.69) is 46.5 Å². The second kappa shape index (κ2) is 10.3. The van der Waals surface area contributed by atoms with Gasteiger partial charge < -0.3 is 10.1 Å². The molecule has 12 heteroatoms. The van der Waals surface area contributed by atoms with E-state index in [9.17, 15) is 18.0 Å². The highest BCUT2D eigenvalue weighted by atomic mass is 79.9. The maximum absolute atomic E-state index is 13.0. The average Bonchev–Trinajstić information content (AvgIpc) is 2.84. The van der Waals surface area contributed by atoms with Crippen LogP contribution in [0.5, 0.6) is 5.75 Å². The maximum atomic E-state index is 13.0. The van der Waals surface area contributed by atoms with Crippen molar-refractivity contribution in [3.63, 3.8) is 0 Å². The van der Waals surface area contributed by atoms with Gasteiger partial charge in [0.05, 0.1) is 17.1 Å². The third kappa shape index (κ3) is 5.63. The number of hydrogen-bond donors (Lipinski definition) is 2. The van der Waals surface area contributed by atoms with Crippen molar-refractivity contribution in [2.45, 2.75) is 33.0 Å². The smallest absolute Gasteiger partial charge is 0.433 e. The molecule has 0 spiro atoms. The van der Waals surface area contributed by atoms with E-state index < -0.39 is 23.7 Å². The Labute approximate surface area is 218 Å². The first-order chi connectivity index (χ1) is 17.5. The van der Waals surface area contributed by atoms with Gasteiger partial charge in [0, 0.05) is 34.9 Å². The molecule has 0 bridgehead atoms. The van der Waals surface area contributed by atoms with Crippen LogP contribution in [0.1, 0.15) is 35.5 Å². The molecule has 4 aromatic rings. The van der Waals surface area contributed by atoms with Gasteiger partial charge in [0.25, 0.3) is 5.91 Å². The van der Waals surface area contributed by atoms with E-state index in [4.69, 9.17) is 4.74 Å². The Morgan fingerprint density at radius 1 is 1.05 bits per heavy atom. The normalized spacial score (nSPS) is 11.6. The summed E-state index contributed by atoms with van der Waals surface area (Å²) in [4.78, 5) is 29.0. The molecule has 2 aromatic carbocycles. The number of alkyl halides is 3. The van der Waals surface area contributed by atoms with Crippen LogP contribution in [0.4, 0.5) is 25.1 Å². The largest absolute Gasteiger partial charge is 0.495 e. The van der Waals surface area contributed by atoms with E-state index in [1.807, 2.05) is 26.8 Å².